The molecule has 1 fully saturated rings. The molecule has 6 heteroatoms. The van der Waals surface area contributed by atoms with Gasteiger partial charge in [-0.2, -0.15) is 0 Å². The molecule has 0 bridgehead atoms. The maximum atomic E-state index is 12.6. The largest absolute Gasteiger partial charge is 0.444 e. The molecule has 1 atom stereocenters. The third kappa shape index (κ3) is 3.47. The van der Waals surface area contributed by atoms with E-state index in [1.807, 2.05) is 47.8 Å². The number of aromatic nitrogens is 3. The Labute approximate surface area is 146 Å². The Hall–Kier alpha value is -2.89. The lowest BCUT2D eigenvalue weighted by molar-refractivity contribution is -0.132. The van der Waals surface area contributed by atoms with Gasteiger partial charge in [0, 0.05) is 31.0 Å². The monoisotopic (exact) mass is 336 g/mol. The van der Waals surface area contributed by atoms with E-state index in [0.717, 1.165) is 31.5 Å². The number of benzene rings is 1. The van der Waals surface area contributed by atoms with Gasteiger partial charge in [0.25, 0.3) is 0 Å². The minimum absolute atomic E-state index is 0.0951. The second kappa shape index (κ2) is 6.93. The van der Waals surface area contributed by atoms with Gasteiger partial charge in [0.2, 0.25) is 11.8 Å². The molecule has 128 valence electrons. The summed E-state index contributed by atoms with van der Waals surface area (Å²) in [5.74, 6) is 0.649. The summed E-state index contributed by atoms with van der Waals surface area (Å²) in [7, 11) is 0. The van der Waals surface area contributed by atoms with Gasteiger partial charge in [0.15, 0.2) is 0 Å². The lowest BCUT2D eigenvalue weighted by Crippen LogP contribution is -2.41. The number of rotatable bonds is 4. The van der Waals surface area contributed by atoms with Gasteiger partial charge in [-0.1, -0.05) is 18.2 Å². The number of piperidine rings is 1. The van der Waals surface area contributed by atoms with E-state index >= 15 is 0 Å². The number of hydrogen-bond donors (Lipinski definition) is 0. The fourth-order valence-corrected chi connectivity index (χ4v) is 3.28. The summed E-state index contributed by atoms with van der Waals surface area (Å²) >= 11 is 0. The molecule has 4 rings (SSSR count). The van der Waals surface area contributed by atoms with Crippen molar-refractivity contribution in [2.45, 2.75) is 25.3 Å². The van der Waals surface area contributed by atoms with Crippen molar-refractivity contribution in [2.24, 2.45) is 0 Å². The number of oxazole rings is 1. The van der Waals surface area contributed by atoms with Crippen LogP contribution in [0.3, 0.4) is 0 Å². The van der Waals surface area contributed by atoms with Crippen LogP contribution in [0.15, 0.2) is 59.7 Å². The summed E-state index contributed by atoms with van der Waals surface area (Å²) < 4.78 is 7.61. The third-order valence-electron chi connectivity index (χ3n) is 4.60. The van der Waals surface area contributed by atoms with Crippen molar-refractivity contribution in [1.29, 1.82) is 0 Å². The predicted molar refractivity (Wildman–Crippen MR) is 92.7 cm³/mol. The average molecular weight is 336 g/mol. The topological polar surface area (TPSA) is 64.2 Å². The highest BCUT2D eigenvalue weighted by molar-refractivity contribution is 5.78. The van der Waals surface area contributed by atoms with E-state index in [0.29, 0.717) is 17.6 Å². The van der Waals surface area contributed by atoms with Crippen molar-refractivity contribution in [3.63, 3.8) is 0 Å². The average Bonchev–Trinajstić information content (AvgIpc) is 3.35. The zero-order valence-corrected chi connectivity index (χ0v) is 13.9. The molecule has 25 heavy (non-hydrogen) atoms. The Kier molecular flexibility index (Phi) is 4.33. The molecule has 1 aromatic carbocycles. The Bertz CT molecular complexity index is 826. The SMILES string of the molecule is O=C(Cc1coc(-c2ccccc2)n1)N1CCC[C@H](n2ccnc2)C1. The Balaban J connectivity index is 1.41. The van der Waals surface area contributed by atoms with E-state index in [1.165, 1.54) is 0 Å². The van der Waals surface area contributed by atoms with Crippen LogP contribution in [0.5, 0.6) is 0 Å². The first-order valence-electron chi connectivity index (χ1n) is 8.54. The highest BCUT2D eigenvalue weighted by Gasteiger charge is 2.25. The van der Waals surface area contributed by atoms with Crippen molar-refractivity contribution >= 4 is 5.91 Å². The fraction of sp³-hybridized carbons (Fsp3) is 0.316. The van der Waals surface area contributed by atoms with E-state index < -0.39 is 0 Å². The molecule has 6 nitrogen and oxygen atoms in total. The molecule has 3 aromatic rings. The Morgan fingerprint density at radius 1 is 1.28 bits per heavy atom. The Morgan fingerprint density at radius 2 is 2.16 bits per heavy atom. The predicted octanol–water partition coefficient (Wildman–Crippen LogP) is 2.94. The van der Waals surface area contributed by atoms with E-state index in [1.54, 1.807) is 12.5 Å². The lowest BCUT2D eigenvalue weighted by Gasteiger charge is -2.33. The minimum atomic E-state index is 0.0951. The summed E-state index contributed by atoms with van der Waals surface area (Å²) in [4.78, 5) is 23.1. The number of carbonyl (C=O) groups is 1. The van der Waals surface area contributed by atoms with Gasteiger partial charge in [-0.25, -0.2) is 9.97 Å². The zero-order valence-electron chi connectivity index (χ0n) is 13.9. The first-order chi connectivity index (χ1) is 12.3. The molecular formula is C19H20N4O2. The van der Waals surface area contributed by atoms with Gasteiger partial charge < -0.3 is 13.9 Å². The van der Waals surface area contributed by atoms with E-state index in [-0.39, 0.29) is 12.3 Å². The van der Waals surface area contributed by atoms with Gasteiger partial charge >= 0.3 is 0 Å². The van der Waals surface area contributed by atoms with Crippen LogP contribution in [0.2, 0.25) is 0 Å². The van der Waals surface area contributed by atoms with Crippen LogP contribution in [0, 0.1) is 0 Å². The number of hydrogen-bond acceptors (Lipinski definition) is 4. The molecule has 2 aromatic heterocycles. The van der Waals surface area contributed by atoms with Crippen molar-refractivity contribution in [2.75, 3.05) is 13.1 Å². The molecule has 1 aliphatic rings. The van der Waals surface area contributed by atoms with Crippen molar-refractivity contribution in [3.8, 4) is 11.5 Å². The normalized spacial score (nSPS) is 17.6. The number of amides is 1. The van der Waals surface area contributed by atoms with E-state index in [4.69, 9.17) is 4.42 Å². The highest BCUT2D eigenvalue weighted by atomic mass is 16.3. The highest BCUT2D eigenvalue weighted by Crippen LogP contribution is 2.22. The third-order valence-corrected chi connectivity index (χ3v) is 4.60. The van der Waals surface area contributed by atoms with Gasteiger partial charge in [-0.05, 0) is 25.0 Å². The second-order valence-electron chi connectivity index (χ2n) is 6.33. The molecule has 0 spiro atoms. The standard InChI is InChI=1S/C19H20N4O2/c24-18(22-9-4-7-17(12-22)23-10-8-20-14-23)11-16-13-25-19(21-16)15-5-2-1-3-6-15/h1-3,5-6,8,10,13-14,17H,4,7,9,11-12H2/t17-/m0/s1. The lowest BCUT2D eigenvalue weighted by atomic mass is 10.1. The quantitative estimate of drug-likeness (QED) is 0.735. The van der Waals surface area contributed by atoms with Crippen LogP contribution in [0.4, 0.5) is 0 Å². The molecule has 1 saturated heterocycles. The van der Waals surface area contributed by atoms with Crippen LogP contribution in [0.25, 0.3) is 11.5 Å². The maximum Gasteiger partial charge on any atom is 0.228 e. The maximum absolute atomic E-state index is 12.6. The first kappa shape index (κ1) is 15.6. The number of nitrogens with zero attached hydrogens (tertiary/aromatic N) is 4. The van der Waals surface area contributed by atoms with Gasteiger partial charge in [0.1, 0.15) is 6.26 Å². The molecule has 1 aliphatic heterocycles. The molecule has 3 heterocycles. The van der Waals surface area contributed by atoms with E-state index in [9.17, 15) is 4.79 Å². The zero-order chi connectivity index (χ0) is 17.1. The van der Waals surface area contributed by atoms with Gasteiger partial charge in [0.05, 0.1) is 24.5 Å². The van der Waals surface area contributed by atoms with Crippen molar-refractivity contribution in [3.05, 3.63) is 61.0 Å². The summed E-state index contributed by atoms with van der Waals surface area (Å²) in [6.45, 7) is 1.52. The van der Waals surface area contributed by atoms with E-state index in [2.05, 4.69) is 14.5 Å². The molecule has 0 aliphatic carbocycles. The van der Waals surface area contributed by atoms with Crippen molar-refractivity contribution < 1.29 is 9.21 Å². The fourth-order valence-electron chi connectivity index (χ4n) is 3.28. The van der Waals surface area contributed by atoms with Crippen LogP contribution in [-0.4, -0.2) is 38.4 Å². The van der Waals surface area contributed by atoms with Crippen LogP contribution >= 0.6 is 0 Å². The van der Waals surface area contributed by atoms with Crippen LogP contribution in [0.1, 0.15) is 24.6 Å². The summed E-state index contributed by atoms with van der Waals surface area (Å²) in [5.41, 5.74) is 1.59. The number of carbonyl (C=O) groups excluding carboxylic acids is 1. The molecule has 0 radical (unpaired) electrons. The molecule has 0 unspecified atom stereocenters. The summed E-state index contributed by atoms with van der Waals surface area (Å²) in [6, 6.07) is 10.0. The smallest absolute Gasteiger partial charge is 0.228 e. The summed E-state index contributed by atoms with van der Waals surface area (Å²) in [6.07, 6.45) is 9.49. The Morgan fingerprint density at radius 3 is 2.96 bits per heavy atom. The van der Waals surface area contributed by atoms with Crippen LogP contribution < -0.4 is 0 Å². The number of imidazole rings is 1. The second-order valence-corrected chi connectivity index (χ2v) is 6.33. The molecule has 0 saturated carbocycles. The minimum Gasteiger partial charge on any atom is -0.444 e. The van der Waals surface area contributed by atoms with Crippen molar-refractivity contribution in [1.82, 2.24) is 19.4 Å². The van der Waals surface area contributed by atoms with Gasteiger partial charge in [-0.15, -0.1) is 0 Å². The molecular weight excluding hydrogens is 316 g/mol. The molecule has 0 N–H and O–H groups in total. The molecule has 1 amide bonds. The summed E-state index contributed by atoms with van der Waals surface area (Å²) in [5, 5.41) is 0. The first-order valence-corrected chi connectivity index (χ1v) is 8.54. The van der Waals surface area contributed by atoms with Crippen LogP contribution in [-0.2, 0) is 11.2 Å². The van der Waals surface area contributed by atoms with Gasteiger partial charge in [-0.3, -0.25) is 4.79 Å². The number of likely N-dealkylation sites (tertiary alicyclic amines) is 1.